The van der Waals surface area contributed by atoms with Crippen LogP contribution in [0.3, 0.4) is 0 Å². The lowest BCUT2D eigenvalue weighted by molar-refractivity contribution is 0.800. The first kappa shape index (κ1) is 12.8. The summed E-state index contributed by atoms with van der Waals surface area (Å²) in [5, 5.41) is 0. The molecule has 0 saturated carbocycles. The lowest BCUT2D eigenvalue weighted by Crippen LogP contribution is -2.02. The maximum Gasteiger partial charge on any atom is 0.137 e. The summed E-state index contributed by atoms with van der Waals surface area (Å²) in [4.78, 5) is 16.6. The Morgan fingerprint density at radius 2 is 2.19 bits per heavy atom. The number of nitrogens with zero attached hydrogens (tertiary/aromatic N) is 4. The normalized spacial score (nSPS) is 14.3. The Morgan fingerprint density at radius 1 is 1.50 bits per heavy atom. The van der Waals surface area contributed by atoms with Crippen LogP contribution in [0.1, 0.15) is 26.3 Å². The number of rotatable bonds is 5. The minimum absolute atomic E-state index is 0.0562. The van der Waals surface area contributed by atoms with Crippen molar-refractivity contribution in [2.24, 2.45) is 9.98 Å². The molecule has 0 fully saturated rings. The molecular formula is C11H16N4S. The molecule has 0 bridgehead atoms. The van der Waals surface area contributed by atoms with Gasteiger partial charge in [-0.1, -0.05) is 6.92 Å². The molecule has 1 aromatic heterocycles. The molecule has 1 atom stereocenters. The second kappa shape index (κ2) is 7.11. The molecule has 0 aliphatic rings. The summed E-state index contributed by atoms with van der Waals surface area (Å²) in [6, 6.07) is 0. The third-order valence-electron chi connectivity index (χ3n) is 1.88. The quantitative estimate of drug-likeness (QED) is 0.582. The van der Waals surface area contributed by atoms with Gasteiger partial charge in [-0.25, -0.2) is 9.97 Å². The van der Waals surface area contributed by atoms with Gasteiger partial charge in [0.2, 0.25) is 0 Å². The molecular weight excluding hydrogens is 220 g/mol. The van der Waals surface area contributed by atoms with Gasteiger partial charge in [-0.3, -0.25) is 9.98 Å². The standard InChI is InChI=1S/C11H16N4S/c1-4-16-8-14-10(3)15-9(2)11-5-12-7-13-6-11/h5-8,10H,4H2,1-3H3/b14-8-,15-9+. The molecule has 1 aromatic rings. The summed E-state index contributed by atoms with van der Waals surface area (Å²) in [6.07, 6.45) is 4.96. The first-order valence-electron chi connectivity index (χ1n) is 5.17. The van der Waals surface area contributed by atoms with Crippen LogP contribution in [0.2, 0.25) is 0 Å². The highest BCUT2D eigenvalue weighted by Crippen LogP contribution is 2.02. The highest BCUT2D eigenvalue weighted by Gasteiger charge is 1.99. The molecule has 0 spiro atoms. The zero-order valence-electron chi connectivity index (χ0n) is 9.79. The largest absolute Gasteiger partial charge is 0.263 e. The van der Waals surface area contributed by atoms with Gasteiger partial charge in [-0.15, -0.1) is 11.8 Å². The van der Waals surface area contributed by atoms with Crippen LogP contribution in [-0.4, -0.2) is 33.1 Å². The van der Waals surface area contributed by atoms with E-state index in [9.17, 15) is 0 Å². The Kier molecular flexibility index (Phi) is 5.71. The smallest absolute Gasteiger partial charge is 0.137 e. The zero-order chi connectivity index (χ0) is 11.8. The van der Waals surface area contributed by atoms with Crippen LogP contribution in [0.4, 0.5) is 0 Å². The van der Waals surface area contributed by atoms with E-state index in [1.54, 1.807) is 24.2 Å². The lowest BCUT2D eigenvalue weighted by Gasteiger charge is -2.03. The average Bonchev–Trinajstić information content (AvgIpc) is 2.30. The molecule has 0 saturated heterocycles. The molecule has 16 heavy (non-hydrogen) atoms. The Hall–Kier alpha value is -1.23. The van der Waals surface area contributed by atoms with E-state index < -0.39 is 0 Å². The van der Waals surface area contributed by atoms with Crippen molar-refractivity contribution >= 4 is 23.0 Å². The molecule has 1 heterocycles. The monoisotopic (exact) mass is 236 g/mol. The summed E-state index contributed by atoms with van der Waals surface area (Å²) < 4.78 is 0. The summed E-state index contributed by atoms with van der Waals surface area (Å²) in [5.74, 6) is 1.03. The molecule has 0 amide bonds. The molecule has 0 N–H and O–H groups in total. The van der Waals surface area contributed by atoms with E-state index in [0.29, 0.717) is 0 Å². The van der Waals surface area contributed by atoms with Crippen LogP contribution in [0.25, 0.3) is 0 Å². The van der Waals surface area contributed by atoms with E-state index in [0.717, 1.165) is 17.0 Å². The van der Waals surface area contributed by atoms with Crippen molar-refractivity contribution in [3.63, 3.8) is 0 Å². The van der Waals surface area contributed by atoms with E-state index >= 15 is 0 Å². The number of aromatic nitrogens is 2. The third kappa shape index (κ3) is 4.53. The molecule has 0 radical (unpaired) electrons. The summed E-state index contributed by atoms with van der Waals surface area (Å²) in [7, 11) is 0. The van der Waals surface area contributed by atoms with Gasteiger partial charge in [0.05, 0.1) is 5.55 Å². The second-order valence-corrected chi connectivity index (χ2v) is 4.30. The van der Waals surface area contributed by atoms with Gasteiger partial charge in [0.25, 0.3) is 0 Å². The van der Waals surface area contributed by atoms with Crippen LogP contribution in [-0.2, 0) is 0 Å². The van der Waals surface area contributed by atoms with Crippen molar-refractivity contribution in [1.82, 2.24) is 9.97 Å². The Labute approximate surface area is 100 Å². The van der Waals surface area contributed by atoms with Crippen LogP contribution in [0.5, 0.6) is 0 Å². The van der Waals surface area contributed by atoms with Gasteiger partial charge in [0.1, 0.15) is 12.5 Å². The van der Waals surface area contributed by atoms with Crippen LogP contribution in [0, 0.1) is 0 Å². The Balaban J connectivity index is 2.63. The molecule has 4 nitrogen and oxygen atoms in total. The fourth-order valence-corrected chi connectivity index (χ4v) is 1.49. The Bertz CT molecular complexity index is 362. The highest BCUT2D eigenvalue weighted by atomic mass is 32.2. The molecule has 1 unspecified atom stereocenters. The van der Waals surface area contributed by atoms with Gasteiger partial charge in [0.15, 0.2) is 0 Å². The maximum atomic E-state index is 4.44. The predicted molar refractivity (Wildman–Crippen MR) is 70.3 cm³/mol. The Morgan fingerprint density at radius 3 is 2.81 bits per heavy atom. The third-order valence-corrected chi connectivity index (χ3v) is 2.48. The van der Waals surface area contributed by atoms with Crippen LogP contribution >= 0.6 is 11.8 Å². The second-order valence-electron chi connectivity index (χ2n) is 3.18. The molecule has 0 aromatic carbocycles. The van der Waals surface area contributed by atoms with Crippen molar-refractivity contribution in [3.8, 4) is 0 Å². The zero-order valence-corrected chi connectivity index (χ0v) is 10.6. The lowest BCUT2D eigenvalue weighted by atomic mass is 10.2. The van der Waals surface area contributed by atoms with Gasteiger partial charge < -0.3 is 0 Å². The number of aliphatic imine (C=N–C) groups is 2. The van der Waals surface area contributed by atoms with E-state index in [1.807, 2.05) is 19.4 Å². The van der Waals surface area contributed by atoms with Crippen LogP contribution in [0.15, 0.2) is 28.7 Å². The fourth-order valence-electron chi connectivity index (χ4n) is 1.08. The minimum Gasteiger partial charge on any atom is -0.263 e. The summed E-state index contributed by atoms with van der Waals surface area (Å²) in [6.45, 7) is 5.99. The van der Waals surface area contributed by atoms with Crippen molar-refractivity contribution in [2.75, 3.05) is 5.75 Å². The van der Waals surface area contributed by atoms with Crippen LogP contribution < -0.4 is 0 Å². The average molecular weight is 236 g/mol. The van der Waals surface area contributed by atoms with Gasteiger partial charge in [0, 0.05) is 23.7 Å². The van der Waals surface area contributed by atoms with Gasteiger partial charge >= 0.3 is 0 Å². The highest BCUT2D eigenvalue weighted by molar-refractivity contribution is 8.12. The van der Waals surface area contributed by atoms with E-state index in [1.165, 1.54) is 6.33 Å². The van der Waals surface area contributed by atoms with Gasteiger partial charge in [-0.2, -0.15) is 0 Å². The van der Waals surface area contributed by atoms with E-state index in [-0.39, 0.29) is 6.17 Å². The van der Waals surface area contributed by atoms with E-state index in [2.05, 4.69) is 26.9 Å². The summed E-state index contributed by atoms with van der Waals surface area (Å²) in [5.41, 5.74) is 3.70. The molecule has 5 heteroatoms. The summed E-state index contributed by atoms with van der Waals surface area (Å²) >= 11 is 1.67. The van der Waals surface area contributed by atoms with Crippen molar-refractivity contribution in [3.05, 3.63) is 24.3 Å². The molecule has 86 valence electrons. The predicted octanol–water partition coefficient (Wildman–Crippen LogP) is 2.41. The number of hydrogen-bond acceptors (Lipinski definition) is 5. The maximum absolute atomic E-state index is 4.44. The van der Waals surface area contributed by atoms with Gasteiger partial charge in [-0.05, 0) is 19.6 Å². The first-order valence-corrected chi connectivity index (χ1v) is 6.22. The topological polar surface area (TPSA) is 50.5 Å². The number of thioether (sulfide) groups is 1. The molecule has 1 rings (SSSR count). The SMILES string of the molecule is CCS/C=N\C(C)/N=C(\C)c1cncnc1. The first-order chi connectivity index (χ1) is 7.74. The van der Waals surface area contributed by atoms with Crippen molar-refractivity contribution in [2.45, 2.75) is 26.9 Å². The van der Waals surface area contributed by atoms with E-state index in [4.69, 9.17) is 0 Å². The van der Waals surface area contributed by atoms with Crippen molar-refractivity contribution < 1.29 is 0 Å². The minimum atomic E-state index is -0.0562. The molecule has 0 aliphatic heterocycles. The number of hydrogen-bond donors (Lipinski definition) is 0. The fraction of sp³-hybridized carbons (Fsp3) is 0.455. The van der Waals surface area contributed by atoms with Crippen molar-refractivity contribution in [1.29, 1.82) is 0 Å². The molecule has 0 aliphatic carbocycles.